The number of benzene rings is 1. The van der Waals surface area contributed by atoms with E-state index in [1.54, 1.807) is 0 Å². The minimum Gasteiger partial charge on any atom is -0.330 e. The average Bonchev–Trinajstić information content (AvgIpc) is 2.80. The molecule has 0 fully saturated rings. The molecule has 0 spiro atoms. The fourth-order valence-electron chi connectivity index (χ4n) is 2.30. The van der Waals surface area contributed by atoms with Crippen molar-refractivity contribution in [2.75, 3.05) is 6.54 Å². The maximum absolute atomic E-state index is 5.90. The van der Waals surface area contributed by atoms with E-state index >= 15 is 0 Å². The van der Waals surface area contributed by atoms with Crippen LogP contribution in [0.4, 0.5) is 0 Å². The first-order valence-electron chi connectivity index (χ1n) is 6.60. The standard InChI is InChI=1S/C15H20BrN3/c1-19-15(7-8-18-19)6-5-13(11-17)9-12-3-2-4-14(16)10-12/h2-4,7-8,10,13H,5-6,9,11,17H2,1H3. The zero-order chi connectivity index (χ0) is 13.7. The van der Waals surface area contributed by atoms with Crippen LogP contribution in [0.25, 0.3) is 0 Å². The molecule has 0 bridgehead atoms. The first-order valence-corrected chi connectivity index (χ1v) is 7.39. The highest BCUT2D eigenvalue weighted by atomic mass is 79.9. The average molecular weight is 322 g/mol. The van der Waals surface area contributed by atoms with Crippen molar-refractivity contribution in [2.24, 2.45) is 18.7 Å². The minimum absolute atomic E-state index is 0.518. The summed E-state index contributed by atoms with van der Waals surface area (Å²) >= 11 is 3.51. The van der Waals surface area contributed by atoms with Gasteiger partial charge in [-0.2, -0.15) is 5.10 Å². The van der Waals surface area contributed by atoms with E-state index in [-0.39, 0.29) is 0 Å². The summed E-state index contributed by atoms with van der Waals surface area (Å²) in [6.45, 7) is 0.727. The summed E-state index contributed by atoms with van der Waals surface area (Å²) < 4.78 is 3.07. The summed E-state index contributed by atoms with van der Waals surface area (Å²) in [7, 11) is 1.99. The van der Waals surface area contributed by atoms with Gasteiger partial charge in [0.2, 0.25) is 0 Å². The van der Waals surface area contributed by atoms with Crippen molar-refractivity contribution in [1.29, 1.82) is 0 Å². The van der Waals surface area contributed by atoms with Crippen molar-refractivity contribution in [3.05, 3.63) is 52.3 Å². The normalized spacial score (nSPS) is 12.6. The van der Waals surface area contributed by atoms with Crippen molar-refractivity contribution in [3.8, 4) is 0 Å². The van der Waals surface area contributed by atoms with Gasteiger partial charge in [-0.05, 0) is 55.5 Å². The third-order valence-corrected chi connectivity index (χ3v) is 3.97. The Morgan fingerprint density at radius 1 is 1.37 bits per heavy atom. The molecule has 2 rings (SSSR count). The second-order valence-electron chi connectivity index (χ2n) is 4.92. The smallest absolute Gasteiger partial charge is 0.0492 e. The second-order valence-corrected chi connectivity index (χ2v) is 5.84. The zero-order valence-corrected chi connectivity index (χ0v) is 12.8. The lowest BCUT2D eigenvalue weighted by atomic mass is 9.94. The molecular weight excluding hydrogens is 302 g/mol. The van der Waals surface area contributed by atoms with Gasteiger partial charge in [0.1, 0.15) is 0 Å². The lowest BCUT2D eigenvalue weighted by Gasteiger charge is -2.15. The Kier molecular flexibility index (Phi) is 5.16. The Labute approximate surface area is 122 Å². The largest absolute Gasteiger partial charge is 0.330 e. The summed E-state index contributed by atoms with van der Waals surface area (Å²) in [5.41, 5.74) is 8.52. The highest BCUT2D eigenvalue weighted by Crippen LogP contribution is 2.18. The molecule has 3 nitrogen and oxygen atoms in total. The van der Waals surface area contributed by atoms with Gasteiger partial charge in [0, 0.05) is 23.4 Å². The van der Waals surface area contributed by atoms with Crippen LogP contribution in [0.15, 0.2) is 41.0 Å². The van der Waals surface area contributed by atoms with Gasteiger partial charge < -0.3 is 5.73 Å². The molecule has 2 aromatic rings. The van der Waals surface area contributed by atoms with Crippen LogP contribution in [0.5, 0.6) is 0 Å². The predicted octanol–water partition coefficient (Wildman–Crippen LogP) is 2.93. The first-order chi connectivity index (χ1) is 9.19. The highest BCUT2D eigenvalue weighted by Gasteiger charge is 2.10. The Balaban J connectivity index is 1.92. The van der Waals surface area contributed by atoms with Crippen LogP contribution in [-0.4, -0.2) is 16.3 Å². The monoisotopic (exact) mass is 321 g/mol. The molecule has 0 saturated carbocycles. The van der Waals surface area contributed by atoms with E-state index in [9.17, 15) is 0 Å². The molecule has 1 aromatic carbocycles. The molecule has 1 aromatic heterocycles. The van der Waals surface area contributed by atoms with E-state index in [4.69, 9.17) is 5.73 Å². The van der Waals surface area contributed by atoms with Gasteiger partial charge in [0.15, 0.2) is 0 Å². The first kappa shape index (κ1) is 14.3. The number of halogens is 1. The zero-order valence-electron chi connectivity index (χ0n) is 11.2. The third-order valence-electron chi connectivity index (χ3n) is 3.48. The minimum atomic E-state index is 0.518. The van der Waals surface area contributed by atoms with Crippen molar-refractivity contribution in [1.82, 2.24) is 9.78 Å². The van der Waals surface area contributed by atoms with Crippen LogP contribution in [0, 0.1) is 5.92 Å². The lowest BCUT2D eigenvalue weighted by molar-refractivity contribution is 0.485. The van der Waals surface area contributed by atoms with Crippen LogP contribution in [0.3, 0.4) is 0 Å². The number of nitrogens with zero attached hydrogens (tertiary/aromatic N) is 2. The fraction of sp³-hybridized carbons (Fsp3) is 0.400. The number of aryl methyl sites for hydroxylation is 2. The molecule has 0 saturated heterocycles. The summed E-state index contributed by atoms with van der Waals surface area (Å²) in [6.07, 6.45) is 5.02. The van der Waals surface area contributed by atoms with Gasteiger partial charge in [0.25, 0.3) is 0 Å². The Hall–Kier alpha value is -1.13. The molecule has 1 atom stereocenters. The molecule has 4 heteroatoms. The Morgan fingerprint density at radius 3 is 2.84 bits per heavy atom. The molecule has 0 aliphatic carbocycles. The summed E-state index contributed by atoms with van der Waals surface area (Å²) in [6, 6.07) is 10.5. The highest BCUT2D eigenvalue weighted by molar-refractivity contribution is 9.10. The summed E-state index contributed by atoms with van der Waals surface area (Å²) in [5, 5.41) is 4.20. The predicted molar refractivity (Wildman–Crippen MR) is 81.9 cm³/mol. The maximum Gasteiger partial charge on any atom is 0.0492 e. The van der Waals surface area contributed by atoms with Crippen molar-refractivity contribution in [3.63, 3.8) is 0 Å². The third kappa shape index (κ3) is 4.18. The maximum atomic E-state index is 5.90. The van der Waals surface area contributed by atoms with E-state index in [1.807, 2.05) is 17.9 Å². The number of hydrogen-bond donors (Lipinski definition) is 1. The molecule has 2 N–H and O–H groups in total. The molecule has 102 valence electrons. The molecule has 19 heavy (non-hydrogen) atoms. The van der Waals surface area contributed by atoms with E-state index < -0.39 is 0 Å². The quantitative estimate of drug-likeness (QED) is 0.889. The van der Waals surface area contributed by atoms with E-state index in [1.165, 1.54) is 11.3 Å². The van der Waals surface area contributed by atoms with E-state index in [0.717, 1.165) is 30.3 Å². The SMILES string of the molecule is Cn1nccc1CCC(CN)Cc1cccc(Br)c1. The van der Waals surface area contributed by atoms with Gasteiger partial charge in [0.05, 0.1) is 0 Å². The summed E-state index contributed by atoms with van der Waals surface area (Å²) in [5.74, 6) is 0.518. The topological polar surface area (TPSA) is 43.8 Å². The molecule has 0 aliphatic rings. The Morgan fingerprint density at radius 2 is 2.21 bits per heavy atom. The second kappa shape index (κ2) is 6.87. The van der Waals surface area contributed by atoms with Gasteiger partial charge in [-0.15, -0.1) is 0 Å². The number of rotatable bonds is 6. The number of aromatic nitrogens is 2. The van der Waals surface area contributed by atoms with Crippen molar-refractivity contribution in [2.45, 2.75) is 19.3 Å². The van der Waals surface area contributed by atoms with Crippen molar-refractivity contribution >= 4 is 15.9 Å². The summed E-state index contributed by atoms with van der Waals surface area (Å²) in [4.78, 5) is 0. The van der Waals surface area contributed by atoms with Crippen LogP contribution in [0.2, 0.25) is 0 Å². The van der Waals surface area contributed by atoms with Crippen molar-refractivity contribution < 1.29 is 0 Å². The Bertz CT molecular complexity index is 522. The van der Waals surface area contributed by atoms with E-state index in [0.29, 0.717) is 5.92 Å². The molecule has 0 amide bonds. The fourth-order valence-corrected chi connectivity index (χ4v) is 2.75. The molecule has 1 unspecified atom stereocenters. The van der Waals surface area contributed by atoms with Crippen LogP contribution < -0.4 is 5.73 Å². The molecule has 1 heterocycles. The van der Waals surface area contributed by atoms with Crippen LogP contribution in [0.1, 0.15) is 17.7 Å². The van der Waals surface area contributed by atoms with Crippen LogP contribution >= 0.6 is 15.9 Å². The van der Waals surface area contributed by atoms with Gasteiger partial charge in [-0.25, -0.2) is 0 Å². The molecule has 0 radical (unpaired) electrons. The van der Waals surface area contributed by atoms with E-state index in [2.05, 4.69) is 51.4 Å². The molecular formula is C15H20BrN3. The molecule has 0 aliphatic heterocycles. The van der Waals surface area contributed by atoms with Gasteiger partial charge in [-0.3, -0.25) is 4.68 Å². The number of nitrogens with two attached hydrogens (primary N) is 1. The van der Waals surface area contributed by atoms with Crippen LogP contribution in [-0.2, 0) is 19.9 Å². The van der Waals surface area contributed by atoms with Gasteiger partial charge >= 0.3 is 0 Å². The van der Waals surface area contributed by atoms with Gasteiger partial charge in [-0.1, -0.05) is 28.1 Å². The number of hydrogen-bond acceptors (Lipinski definition) is 2. The lowest BCUT2D eigenvalue weighted by Crippen LogP contribution is -2.18.